The third-order valence-corrected chi connectivity index (χ3v) is 4.88. The van der Waals surface area contributed by atoms with Crippen LogP contribution < -0.4 is 4.90 Å². The highest BCUT2D eigenvalue weighted by Gasteiger charge is 2.29. The summed E-state index contributed by atoms with van der Waals surface area (Å²) < 4.78 is 12.0. The molecule has 4 rings (SSSR count). The number of hydrogen-bond donors (Lipinski definition) is 2. The number of pyridine rings is 1. The van der Waals surface area contributed by atoms with Gasteiger partial charge in [0.25, 0.3) is 0 Å². The number of aliphatic hydroxyl groups is 2. The molecular formula is C20H26N4O4. The minimum Gasteiger partial charge on any atom is -0.432 e. The van der Waals surface area contributed by atoms with Crippen LogP contribution in [0.5, 0.6) is 0 Å². The van der Waals surface area contributed by atoms with Crippen LogP contribution in [0.15, 0.2) is 16.8 Å². The zero-order valence-electron chi connectivity index (χ0n) is 16.6. The van der Waals surface area contributed by atoms with Gasteiger partial charge in [-0.05, 0) is 33.8 Å². The standard InChI is InChI=1S/C20H26N4O4/c1-11(25)7-24(8-12(2)26)18-17-16(21-10-22-18)14-5-13-9-27-20(3,4)6-15(13)23-19(14)28-17/h5,10-12,25-26H,6-9H2,1-4H3. The van der Waals surface area contributed by atoms with Crippen molar-refractivity contribution in [1.29, 1.82) is 0 Å². The van der Waals surface area contributed by atoms with Crippen LogP contribution in [0.4, 0.5) is 5.82 Å². The fourth-order valence-electron chi connectivity index (χ4n) is 3.68. The Kier molecular flexibility index (Phi) is 4.73. The monoisotopic (exact) mass is 386 g/mol. The lowest BCUT2D eigenvalue weighted by Crippen LogP contribution is -2.37. The van der Waals surface area contributed by atoms with Gasteiger partial charge in [-0.1, -0.05) is 0 Å². The van der Waals surface area contributed by atoms with Gasteiger partial charge in [-0.15, -0.1) is 0 Å². The first-order chi connectivity index (χ1) is 13.2. The zero-order valence-corrected chi connectivity index (χ0v) is 16.6. The summed E-state index contributed by atoms with van der Waals surface area (Å²) in [5.41, 5.74) is 3.45. The Morgan fingerprint density at radius 2 is 1.89 bits per heavy atom. The lowest BCUT2D eigenvalue weighted by Gasteiger charge is -2.30. The molecule has 0 spiro atoms. The molecule has 28 heavy (non-hydrogen) atoms. The first-order valence-corrected chi connectivity index (χ1v) is 9.54. The molecule has 0 radical (unpaired) electrons. The first kappa shape index (κ1) is 19.0. The Bertz CT molecular complexity index is 1000. The van der Waals surface area contributed by atoms with E-state index < -0.39 is 12.2 Å². The van der Waals surface area contributed by atoms with E-state index in [0.717, 1.165) is 16.6 Å². The van der Waals surface area contributed by atoms with Gasteiger partial charge >= 0.3 is 0 Å². The van der Waals surface area contributed by atoms with Gasteiger partial charge in [0.15, 0.2) is 11.4 Å². The van der Waals surface area contributed by atoms with E-state index >= 15 is 0 Å². The molecule has 1 aliphatic heterocycles. The number of fused-ring (bicyclic) bond motifs is 4. The normalized spacial score (nSPS) is 18.2. The van der Waals surface area contributed by atoms with Crippen molar-refractivity contribution in [3.05, 3.63) is 23.7 Å². The number of furan rings is 1. The summed E-state index contributed by atoms with van der Waals surface area (Å²) >= 11 is 0. The van der Waals surface area contributed by atoms with E-state index in [4.69, 9.17) is 14.1 Å². The van der Waals surface area contributed by atoms with Crippen LogP contribution in [0.1, 0.15) is 39.0 Å². The van der Waals surface area contributed by atoms with Crippen molar-refractivity contribution in [3.8, 4) is 0 Å². The molecule has 4 heterocycles. The first-order valence-electron chi connectivity index (χ1n) is 9.54. The third kappa shape index (κ3) is 3.55. The molecule has 0 fully saturated rings. The SMILES string of the molecule is CC(O)CN(CC(C)O)c1ncnc2c1oc1nc3c(cc12)COC(C)(C)C3. The van der Waals surface area contributed by atoms with Crippen LogP contribution in [0.3, 0.4) is 0 Å². The quantitative estimate of drug-likeness (QED) is 0.688. The minimum absolute atomic E-state index is 0.254. The van der Waals surface area contributed by atoms with Crippen LogP contribution in [-0.2, 0) is 17.8 Å². The summed E-state index contributed by atoms with van der Waals surface area (Å²) in [7, 11) is 0. The Balaban J connectivity index is 1.85. The fraction of sp³-hybridized carbons (Fsp3) is 0.550. The van der Waals surface area contributed by atoms with Crippen molar-refractivity contribution in [1.82, 2.24) is 15.0 Å². The molecule has 150 valence electrons. The summed E-state index contributed by atoms with van der Waals surface area (Å²) in [5, 5.41) is 20.6. The lowest BCUT2D eigenvalue weighted by atomic mass is 9.95. The molecule has 2 unspecified atom stereocenters. The van der Waals surface area contributed by atoms with Gasteiger partial charge < -0.3 is 24.3 Å². The molecule has 8 heteroatoms. The van der Waals surface area contributed by atoms with E-state index in [1.54, 1.807) is 13.8 Å². The van der Waals surface area contributed by atoms with Crippen LogP contribution >= 0.6 is 0 Å². The summed E-state index contributed by atoms with van der Waals surface area (Å²) in [6.07, 6.45) is 1.02. The van der Waals surface area contributed by atoms with E-state index in [-0.39, 0.29) is 5.60 Å². The second-order valence-corrected chi connectivity index (χ2v) is 8.25. The van der Waals surface area contributed by atoms with Gasteiger partial charge in [0.05, 0.1) is 35.5 Å². The molecule has 0 saturated heterocycles. The number of aliphatic hydroxyl groups excluding tert-OH is 2. The molecule has 3 aromatic heterocycles. The van der Waals surface area contributed by atoms with Crippen molar-refractivity contribution in [3.63, 3.8) is 0 Å². The Labute approximate surface area is 163 Å². The highest BCUT2D eigenvalue weighted by atomic mass is 16.5. The van der Waals surface area contributed by atoms with Gasteiger partial charge in [0.1, 0.15) is 11.8 Å². The summed E-state index contributed by atoms with van der Waals surface area (Å²) in [4.78, 5) is 15.3. The largest absolute Gasteiger partial charge is 0.432 e. The van der Waals surface area contributed by atoms with E-state index in [2.05, 4.69) is 9.97 Å². The topological polar surface area (TPSA) is 105 Å². The number of hydrogen-bond acceptors (Lipinski definition) is 8. The molecule has 1 aliphatic rings. The molecule has 0 saturated carbocycles. The van der Waals surface area contributed by atoms with Gasteiger partial charge in [-0.3, -0.25) is 0 Å². The second kappa shape index (κ2) is 6.95. The van der Waals surface area contributed by atoms with Crippen LogP contribution in [0, 0.1) is 0 Å². The third-order valence-electron chi connectivity index (χ3n) is 4.88. The number of anilines is 1. The summed E-state index contributed by atoms with van der Waals surface area (Å²) in [6.45, 7) is 8.64. The summed E-state index contributed by atoms with van der Waals surface area (Å²) in [5.74, 6) is 0.541. The van der Waals surface area contributed by atoms with Crippen molar-refractivity contribution < 1.29 is 19.4 Å². The highest BCUT2D eigenvalue weighted by molar-refractivity contribution is 6.04. The van der Waals surface area contributed by atoms with Gasteiger partial charge in [0.2, 0.25) is 5.71 Å². The molecule has 0 aromatic carbocycles. The average molecular weight is 386 g/mol. The van der Waals surface area contributed by atoms with Crippen LogP contribution in [-0.4, -0.2) is 56.1 Å². The lowest BCUT2D eigenvalue weighted by molar-refractivity contribution is -0.0411. The maximum Gasteiger partial charge on any atom is 0.229 e. The van der Waals surface area contributed by atoms with E-state index in [1.165, 1.54) is 6.33 Å². The van der Waals surface area contributed by atoms with E-state index in [9.17, 15) is 10.2 Å². The smallest absolute Gasteiger partial charge is 0.229 e. The minimum atomic E-state index is -0.585. The zero-order chi connectivity index (χ0) is 20.1. The van der Waals surface area contributed by atoms with Crippen molar-refractivity contribution >= 4 is 28.0 Å². The molecular weight excluding hydrogens is 360 g/mol. The molecule has 2 atom stereocenters. The number of nitrogens with zero attached hydrogens (tertiary/aromatic N) is 4. The molecule has 0 amide bonds. The average Bonchev–Trinajstić information content (AvgIpc) is 2.95. The number of ether oxygens (including phenoxy) is 1. The van der Waals surface area contributed by atoms with Crippen LogP contribution in [0.25, 0.3) is 22.2 Å². The number of rotatable bonds is 5. The van der Waals surface area contributed by atoms with Crippen LogP contribution in [0.2, 0.25) is 0 Å². The van der Waals surface area contributed by atoms with Crippen molar-refractivity contribution in [2.45, 2.75) is 58.5 Å². The maximum atomic E-state index is 9.88. The summed E-state index contributed by atoms with van der Waals surface area (Å²) in [6, 6.07) is 2.03. The second-order valence-electron chi connectivity index (χ2n) is 8.25. The van der Waals surface area contributed by atoms with Gasteiger partial charge in [-0.2, -0.15) is 0 Å². The molecule has 2 N–H and O–H groups in total. The molecule has 3 aromatic rings. The predicted molar refractivity (Wildman–Crippen MR) is 105 cm³/mol. The molecule has 8 nitrogen and oxygen atoms in total. The van der Waals surface area contributed by atoms with Crippen molar-refractivity contribution in [2.75, 3.05) is 18.0 Å². The predicted octanol–water partition coefficient (Wildman–Crippen LogP) is 2.19. The fourth-order valence-corrected chi connectivity index (χ4v) is 3.68. The van der Waals surface area contributed by atoms with E-state index in [0.29, 0.717) is 48.7 Å². The number of aromatic nitrogens is 3. The van der Waals surface area contributed by atoms with Gasteiger partial charge in [-0.25, -0.2) is 15.0 Å². The Morgan fingerprint density at radius 1 is 1.18 bits per heavy atom. The molecule has 0 bridgehead atoms. The maximum absolute atomic E-state index is 9.88. The Morgan fingerprint density at radius 3 is 2.57 bits per heavy atom. The Hall–Kier alpha value is -2.29. The molecule has 0 aliphatic carbocycles. The highest BCUT2D eigenvalue weighted by Crippen LogP contribution is 2.35. The van der Waals surface area contributed by atoms with Gasteiger partial charge in [0, 0.05) is 25.1 Å². The van der Waals surface area contributed by atoms with Crippen molar-refractivity contribution in [2.24, 2.45) is 0 Å². The van der Waals surface area contributed by atoms with E-state index in [1.807, 2.05) is 24.8 Å².